The van der Waals surface area contributed by atoms with Crippen molar-refractivity contribution in [2.24, 2.45) is 0 Å². The predicted octanol–water partition coefficient (Wildman–Crippen LogP) is 3.40. The third-order valence-electron chi connectivity index (χ3n) is 4.29. The summed E-state index contributed by atoms with van der Waals surface area (Å²) >= 11 is 0. The number of nitrogens with one attached hydrogen (secondary N) is 2. The minimum atomic E-state index is -3.72. The van der Waals surface area contributed by atoms with Gasteiger partial charge in [-0.15, -0.1) is 0 Å². The number of carbonyl (C=O) groups is 1. The largest absolute Gasteiger partial charge is 0.348 e. The van der Waals surface area contributed by atoms with Gasteiger partial charge >= 0.3 is 0 Å². The summed E-state index contributed by atoms with van der Waals surface area (Å²) in [5.74, 6) is -0.320. The molecule has 0 spiro atoms. The maximum absolute atomic E-state index is 12.6. The second-order valence-electron chi connectivity index (χ2n) is 6.51. The third-order valence-corrected chi connectivity index (χ3v) is 5.69. The summed E-state index contributed by atoms with van der Waals surface area (Å²) in [7, 11) is -3.72. The van der Waals surface area contributed by atoms with Crippen molar-refractivity contribution in [2.45, 2.75) is 24.9 Å². The third kappa shape index (κ3) is 5.28. The molecule has 0 aromatic heterocycles. The number of aryl methyl sites for hydroxylation is 1. The first-order valence-corrected chi connectivity index (χ1v) is 10.4. The van der Waals surface area contributed by atoms with E-state index >= 15 is 0 Å². The van der Waals surface area contributed by atoms with Crippen LogP contribution in [0.2, 0.25) is 0 Å². The van der Waals surface area contributed by atoms with Crippen molar-refractivity contribution in [1.82, 2.24) is 10.0 Å². The number of rotatable bonds is 7. The molecule has 0 unspecified atom stereocenters. The first-order chi connectivity index (χ1) is 13.4. The Balaban J connectivity index is 1.67. The second-order valence-corrected chi connectivity index (χ2v) is 8.27. The quantitative estimate of drug-likeness (QED) is 0.645. The van der Waals surface area contributed by atoms with Crippen molar-refractivity contribution in [3.8, 4) is 0 Å². The molecule has 0 bridgehead atoms. The standard InChI is InChI=1S/C22H22N2O3S/c1-17-10-12-19(13-11-17)16-24-28(26,27)21-9-5-8-20(14-21)22(25)23-15-18-6-3-2-4-7-18/h2-14,24H,15-16H2,1H3,(H,23,25). The Kier molecular flexibility index (Phi) is 6.23. The average Bonchev–Trinajstić information content (AvgIpc) is 2.72. The molecule has 3 rings (SSSR count). The van der Waals surface area contributed by atoms with Gasteiger partial charge in [0.2, 0.25) is 10.0 Å². The summed E-state index contributed by atoms with van der Waals surface area (Å²) in [4.78, 5) is 12.4. The Morgan fingerprint density at radius 1 is 0.821 bits per heavy atom. The van der Waals surface area contributed by atoms with Gasteiger partial charge < -0.3 is 5.32 Å². The van der Waals surface area contributed by atoms with Crippen molar-refractivity contribution in [2.75, 3.05) is 0 Å². The van der Waals surface area contributed by atoms with Gasteiger partial charge in [0, 0.05) is 18.7 Å². The molecule has 6 heteroatoms. The molecule has 1 amide bonds. The lowest BCUT2D eigenvalue weighted by Crippen LogP contribution is -2.25. The number of carbonyl (C=O) groups excluding carboxylic acids is 1. The lowest BCUT2D eigenvalue weighted by molar-refractivity contribution is 0.0950. The normalized spacial score (nSPS) is 11.2. The van der Waals surface area contributed by atoms with Crippen LogP contribution in [0.25, 0.3) is 0 Å². The van der Waals surface area contributed by atoms with Crippen molar-refractivity contribution in [3.05, 3.63) is 101 Å². The van der Waals surface area contributed by atoms with E-state index in [1.165, 1.54) is 12.1 Å². The Bertz CT molecular complexity index is 1050. The van der Waals surface area contributed by atoms with Gasteiger partial charge in [0.15, 0.2) is 0 Å². The Morgan fingerprint density at radius 2 is 1.50 bits per heavy atom. The van der Waals surface area contributed by atoms with Crippen LogP contribution >= 0.6 is 0 Å². The van der Waals surface area contributed by atoms with Crippen molar-refractivity contribution in [3.63, 3.8) is 0 Å². The van der Waals surface area contributed by atoms with Gasteiger partial charge in [-0.2, -0.15) is 0 Å². The van der Waals surface area contributed by atoms with E-state index in [0.29, 0.717) is 12.1 Å². The SMILES string of the molecule is Cc1ccc(CNS(=O)(=O)c2cccc(C(=O)NCc3ccccc3)c2)cc1. The first kappa shape index (κ1) is 19.8. The fraction of sp³-hybridized carbons (Fsp3) is 0.136. The maximum atomic E-state index is 12.6. The zero-order chi connectivity index (χ0) is 20.0. The summed E-state index contributed by atoms with van der Waals surface area (Å²) in [6, 6.07) is 23.2. The van der Waals surface area contributed by atoms with Crippen LogP contribution in [0.3, 0.4) is 0 Å². The summed E-state index contributed by atoms with van der Waals surface area (Å²) in [6.07, 6.45) is 0. The van der Waals surface area contributed by atoms with E-state index in [0.717, 1.165) is 16.7 Å². The fourth-order valence-electron chi connectivity index (χ4n) is 2.65. The molecule has 0 fully saturated rings. The van der Waals surface area contributed by atoms with Crippen molar-refractivity contribution in [1.29, 1.82) is 0 Å². The lowest BCUT2D eigenvalue weighted by Gasteiger charge is -2.09. The molecule has 0 heterocycles. The van der Waals surface area contributed by atoms with Crippen LogP contribution in [-0.2, 0) is 23.1 Å². The average molecular weight is 394 g/mol. The highest BCUT2D eigenvalue weighted by atomic mass is 32.2. The first-order valence-electron chi connectivity index (χ1n) is 8.91. The smallest absolute Gasteiger partial charge is 0.251 e. The van der Waals surface area contributed by atoms with Crippen molar-refractivity contribution >= 4 is 15.9 Å². The highest BCUT2D eigenvalue weighted by Crippen LogP contribution is 2.13. The minimum Gasteiger partial charge on any atom is -0.348 e. The van der Waals surface area contributed by atoms with Crippen LogP contribution in [0.4, 0.5) is 0 Å². The molecule has 0 radical (unpaired) electrons. The molecule has 28 heavy (non-hydrogen) atoms. The van der Waals surface area contributed by atoms with Gasteiger partial charge in [0.25, 0.3) is 5.91 Å². The summed E-state index contributed by atoms with van der Waals surface area (Å²) in [5, 5.41) is 2.80. The molecular weight excluding hydrogens is 372 g/mol. The molecule has 0 aliphatic carbocycles. The number of hydrogen-bond donors (Lipinski definition) is 2. The molecule has 0 aliphatic rings. The van der Waals surface area contributed by atoms with E-state index in [1.807, 2.05) is 61.5 Å². The topological polar surface area (TPSA) is 75.3 Å². The fourth-order valence-corrected chi connectivity index (χ4v) is 3.72. The molecule has 0 atom stereocenters. The molecule has 0 aliphatic heterocycles. The minimum absolute atomic E-state index is 0.0620. The van der Waals surface area contributed by atoms with Crippen LogP contribution in [0.15, 0.2) is 83.8 Å². The number of sulfonamides is 1. The predicted molar refractivity (Wildman–Crippen MR) is 109 cm³/mol. The molecule has 2 N–H and O–H groups in total. The van der Waals surface area contributed by atoms with Gasteiger partial charge in [0.1, 0.15) is 0 Å². The van der Waals surface area contributed by atoms with E-state index in [1.54, 1.807) is 12.1 Å². The molecule has 0 saturated carbocycles. The Labute approximate surface area is 165 Å². The molecule has 0 saturated heterocycles. The van der Waals surface area contributed by atoms with Crippen LogP contribution in [-0.4, -0.2) is 14.3 Å². The van der Waals surface area contributed by atoms with E-state index in [9.17, 15) is 13.2 Å². The van der Waals surface area contributed by atoms with Crippen LogP contribution in [0.5, 0.6) is 0 Å². The highest BCUT2D eigenvalue weighted by Gasteiger charge is 2.16. The number of hydrogen-bond acceptors (Lipinski definition) is 3. The monoisotopic (exact) mass is 394 g/mol. The van der Waals surface area contributed by atoms with Crippen LogP contribution in [0.1, 0.15) is 27.0 Å². The Morgan fingerprint density at radius 3 is 2.21 bits per heavy atom. The van der Waals surface area contributed by atoms with Gasteiger partial charge in [-0.05, 0) is 36.2 Å². The molecule has 3 aromatic carbocycles. The van der Waals surface area contributed by atoms with Gasteiger partial charge in [0.05, 0.1) is 4.90 Å². The molecule has 5 nitrogen and oxygen atoms in total. The Hall–Kier alpha value is -2.96. The zero-order valence-corrected chi connectivity index (χ0v) is 16.4. The van der Waals surface area contributed by atoms with E-state index in [4.69, 9.17) is 0 Å². The second kappa shape index (κ2) is 8.82. The molecule has 3 aromatic rings. The van der Waals surface area contributed by atoms with Crippen molar-refractivity contribution < 1.29 is 13.2 Å². The van der Waals surface area contributed by atoms with Gasteiger partial charge in [-0.1, -0.05) is 66.2 Å². The molecule has 144 valence electrons. The zero-order valence-electron chi connectivity index (χ0n) is 15.6. The summed E-state index contributed by atoms with van der Waals surface area (Å²) in [6.45, 7) is 2.54. The highest BCUT2D eigenvalue weighted by molar-refractivity contribution is 7.89. The lowest BCUT2D eigenvalue weighted by atomic mass is 10.2. The van der Waals surface area contributed by atoms with E-state index in [2.05, 4.69) is 10.0 Å². The number of benzene rings is 3. The van der Waals surface area contributed by atoms with Gasteiger partial charge in [-0.25, -0.2) is 13.1 Å². The van der Waals surface area contributed by atoms with E-state index in [-0.39, 0.29) is 17.3 Å². The summed E-state index contributed by atoms with van der Waals surface area (Å²) < 4.78 is 27.7. The van der Waals surface area contributed by atoms with Crippen LogP contribution < -0.4 is 10.0 Å². The van der Waals surface area contributed by atoms with Crippen LogP contribution in [0, 0.1) is 6.92 Å². The number of amides is 1. The van der Waals surface area contributed by atoms with E-state index < -0.39 is 10.0 Å². The van der Waals surface area contributed by atoms with Gasteiger partial charge in [-0.3, -0.25) is 4.79 Å². The maximum Gasteiger partial charge on any atom is 0.251 e. The summed E-state index contributed by atoms with van der Waals surface area (Å²) in [5.41, 5.74) is 3.25. The molecular formula is C22H22N2O3S.